The number of carbonyl (C=O) groups excluding carboxylic acids is 1. The SMILES string of the molecule is Cn1cnc2cc(CNC(=O)Cl)ccc21. The number of hydrogen-bond acceptors (Lipinski definition) is 2. The molecule has 4 nitrogen and oxygen atoms in total. The van der Waals surface area contributed by atoms with Gasteiger partial charge in [-0.3, -0.25) is 4.79 Å². The minimum Gasteiger partial charge on any atom is -0.339 e. The number of benzene rings is 1. The van der Waals surface area contributed by atoms with Crippen molar-refractivity contribution in [3.63, 3.8) is 0 Å². The van der Waals surface area contributed by atoms with Crippen molar-refractivity contribution in [1.29, 1.82) is 0 Å². The molecule has 0 fully saturated rings. The molecule has 1 heterocycles. The van der Waals surface area contributed by atoms with E-state index >= 15 is 0 Å². The number of fused-ring (bicyclic) bond motifs is 1. The van der Waals surface area contributed by atoms with Crippen molar-refractivity contribution in [3.05, 3.63) is 30.1 Å². The summed E-state index contributed by atoms with van der Waals surface area (Å²) in [6.45, 7) is 0.425. The highest BCUT2D eigenvalue weighted by Gasteiger charge is 2.01. The molecule has 2 rings (SSSR count). The molecule has 1 aromatic heterocycles. The zero-order chi connectivity index (χ0) is 10.8. The molecular formula is C10H10ClN3O. The number of amides is 1. The van der Waals surface area contributed by atoms with Gasteiger partial charge in [0.05, 0.1) is 17.4 Å². The first-order valence-corrected chi connectivity index (χ1v) is 4.88. The highest BCUT2D eigenvalue weighted by Crippen LogP contribution is 2.13. The van der Waals surface area contributed by atoms with Gasteiger partial charge in [-0.15, -0.1) is 0 Å². The molecule has 1 amide bonds. The van der Waals surface area contributed by atoms with E-state index in [1.165, 1.54) is 0 Å². The zero-order valence-corrected chi connectivity index (χ0v) is 8.95. The molecule has 0 aliphatic heterocycles. The summed E-state index contributed by atoms with van der Waals surface area (Å²) in [6.07, 6.45) is 1.76. The van der Waals surface area contributed by atoms with Crippen molar-refractivity contribution >= 4 is 28.0 Å². The second-order valence-corrected chi connectivity index (χ2v) is 3.65. The lowest BCUT2D eigenvalue weighted by molar-refractivity contribution is 0.259. The van der Waals surface area contributed by atoms with Gasteiger partial charge < -0.3 is 9.88 Å². The third-order valence-corrected chi connectivity index (χ3v) is 2.35. The van der Waals surface area contributed by atoms with Gasteiger partial charge >= 0.3 is 5.37 Å². The summed E-state index contributed by atoms with van der Waals surface area (Å²) >= 11 is 5.18. The number of aryl methyl sites for hydroxylation is 1. The number of hydrogen-bond donors (Lipinski definition) is 1. The van der Waals surface area contributed by atoms with Gasteiger partial charge in [0, 0.05) is 13.6 Å². The summed E-state index contributed by atoms with van der Waals surface area (Å²) in [5.74, 6) is 0. The highest BCUT2D eigenvalue weighted by atomic mass is 35.5. The Balaban J connectivity index is 2.27. The average molecular weight is 224 g/mol. The van der Waals surface area contributed by atoms with Gasteiger partial charge in [0.2, 0.25) is 0 Å². The molecule has 0 atom stereocenters. The predicted octanol–water partition coefficient (Wildman–Crippen LogP) is 2.02. The summed E-state index contributed by atoms with van der Waals surface area (Å²) in [5, 5.41) is 1.98. The summed E-state index contributed by atoms with van der Waals surface area (Å²) in [7, 11) is 1.94. The van der Waals surface area contributed by atoms with E-state index in [1.54, 1.807) is 6.33 Å². The Labute approximate surface area is 91.9 Å². The van der Waals surface area contributed by atoms with E-state index in [2.05, 4.69) is 10.3 Å². The molecule has 0 saturated carbocycles. The lowest BCUT2D eigenvalue weighted by Crippen LogP contribution is -2.15. The molecule has 0 bridgehead atoms. The minimum atomic E-state index is -0.545. The smallest absolute Gasteiger partial charge is 0.314 e. The van der Waals surface area contributed by atoms with Crippen LogP contribution >= 0.6 is 11.6 Å². The fourth-order valence-electron chi connectivity index (χ4n) is 1.46. The van der Waals surface area contributed by atoms with Gasteiger partial charge in [-0.1, -0.05) is 6.07 Å². The van der Waals surface area contributed by atoms with Gasteiger partial charge in [0.1, 0.15) is 0 Å². The Morgan fingerprint density at radius 3 is 3.13 bits per heavy atom. The Kier molecular flexibility index (Phi) is 2.60. The Bertz CT molecular complexity index is 506. The van der Waals surface area contributed by atoms with E-state index in [9.17, 15) is 4.79 Å². The highest BCUT2D eigenvalue weighted by molar-refractivity contribution is 6.62. The van der Waals surface area contributed by atoms with Crippen molar-refractivity contribution in [3.8, 4) is 0 Å². The lowest BCUT2D eigenvalue weighted by atomic mass is 10.2. The van der Waals surface area contributed by atoms with Gasteiger partial charge in [-0.2, -0.15) is 0 Å². The van der Waals surface area contributed by atoms with Crippen molar-refractivity contribution in [2.24, 2.45) is 7.05 Å². The van der Waals surface area contributed by atoms with Crippen LogP contribution in [0.1, 0.15) is 5.56 Å². The molecule has 1 aromatic carbocycles. The van der Waals surface area contributed by atoms with Crippen LogP contribution in [0.4, 0.5) is 4.79 Å². The molecule has 15 heavy (non-hydrogen) atoms. The molecule has 78 valence electrons. The van der Waals surface area contributed by atoms with Crippen LogP contribution in [0.2, 0.25) is 0 Å². The number of nitrogens with one attached hydrogen (secondary N) is 1. The predicted molar refractivity (Wildman–Crippen MR) is 58.8 cm³/mol. The van der Waals surface area contributed by atoms with Crippen LogP contribution < -0.4 is 5.32 Å². The third kappa shape index (κ3) is 2.10. The maximum atomic E-state index is 10.5. The first-order chi connectivity index (χ1) is 7.16. The van der Waals surface area contributed by atoms with E-state index < -0.39 is 5.37 Å². The first-order valence-electron chi connectivity index (χ1n) is 4.50. The number of aromatic nitrogens is 2. The fourth-order valence-corrected chi connectivity index (χ4v) is 1.53. The Morgan fingerprint density at radius 1 is 1.60 bits per heavy atom. The van der Waals surface area contributed by atoms with Crippen LogP contribution in [-0.2, 0) is 13.6 Å². The van der Waals surface area contributed by atoms with E-state index in [-0.39, 0.29) is 0 Å². The summed E-state index contributed by atoms with van der Waals surface area (Å²) < 4.78 is 1.94. The Morgan fingerprint density at radius 2 is 2.40 bits per heavy atom. The largest absolute Gasteiger partial charge is 0.339 e. The summed E-state index contributed by atoms with van der Waals surface area (Å²) in [5.41, 5.74) is 2.96. The summed E-state index contributed by atoms with van der Waals surface area (Å²) in [6, 6.07) is 5.84. The van der Waals surface area contributed by atoms with Crippen molar-refractivity contribution in [1.82, 2.24) is 14.9 Å². The number of carbonyl (C=O) groups is 1. The molecular weight excluding hydrogens is 214 g/mol. The van der Waals surface area contributed by atoms with Crippen LogP contribution in [0.5, 0.6) is 0 Å². The Hall–Kier alpha value is -1.55. The molecule has 0 unspecified atom stereocenters. The van der Waals surface area contributed by atoms with Crippen LogP contribution in [0.15, 0.2) is 24.5 Å². The van der Waals surface area contributed by atoms with Gasteiger partial charge in [-0.25, -0.2) is 4.98 Å². The topological polar surface area (TPSA) is 46.9 Å². The number of halogens is 1. The van der Waals surface area contributed by atoms with Crippen LogP contribution in [-0.4, -0.2) is 14.9 Å². The molecule has 0 spiro atoms. The third-order valence-electron chi connectivity index (χ3n) is 2.22. The zero-order valence-electron chi connectivity index (χ0n) is 8.20. The monoisotopic (exact) mass is 223 g/mol. The number of imidazole rings is 1. The van der Waals surface area contributed by atoms with Gasteiger partial charge in [0.25, 0.3) is 0 Å². The molecule has 2 aromatic rings. The van der Waals surface area contributed by atoms with Crippen LogP contribution in [0.3, 0.4) is 0 Å². The molecule has 5 heteroatoms. The van der Waals surface area contributed by atoms with Crippen molar-refractivity contribution in [2.45, 2.75) is 6.54 Å². The van der Waals surface area contributed by atoms with E-state index in [0.29, 0.717) is 6.54 Å². The molecule has 1 N–H and O–H groups in total. The van der Waals surface area contributed by atoms with Crippen LogP contribution in [0, 0.1) is 0 Å². The minimum absolute atomic E-state index is 0.425. The van der Waals surface area contributed by atoms with Crippen LogP contribution in [0.25, 0.3) is 11.0 Å². The molecule has 0 saturated heterocycles. The maximum Gasteiger partial charge on any atom is 0.314 e. The number of rotatable bonds is 2. The standard InChI is InChI=1S/C10H10ClN3O/c1-14-6-13-8-4-7(2-3-9(8)14)5-12-10(11)15/h2-4,6H,5H2,1H3,(H,12,15). The molecule has 0 radical (unpaired) electrons. The normalized spacial score (nSPS) is 10.5. The fraction of sp³-hybridized carbons (Fsp3) is 0.200. The first kappa shape index (κ1) is 9.98. The second kappa shape index (κ2) is 3.90. The second-order valence-electron chi connectivity index (χ2n) is 3.31. The lowest BCUT2D eigenvalue weighted by Gasteiger charge is -2.01. The summed E-state index contributed by atoms with van der Waals surface area (Å²) in [4.78, 5) is 14.7. The quantitative estimate of drug-likeness (QED) is 0.626. The van der Waals surface area contributed by atoms with E-state index in [4.69, 9.17) is 11.6 Å². The van der Waals surface area contributed by atoms with Gasteiger partial charge in [-0.05, 0) is 29.3 Å². The van der Waals surface area contributed by atoms with Crippen molar-refractivity contribution < 1.29 is 4.79 Å². The van der Waals surface area contributed by atoms with Gasteiger partial charge in [0.15, 0.2) is 0 Å². The number of nitrogens with zero attached hydrogens (tertiary/aromatic N) is 2. The average Bonchev–Trinajstić information content (AvgIpc) is 2.57. The van der Waals surface area contributed by atoms with Crippen molar-refractivity contribution in [2.75, 3.05) is 0 Å². The molecule has 0 aliphatic carbocycles. The van der Waals surface area contributed by atoms with E-state index in [0.717, 1.165) is 16.6 Å². The molecule has 0 aliphatic rings. The maximum absolute atomic E-state index is 10.5. The van der Waals surface area contributed by atoms with E-state index in [1.807, 2.05) is 29.8 Å².